The molecular weight excluding hydrogens is 197 g/mol. The van der Waals surface area contributed by atoms with Gasteiger partial charge in [0.1, 0.15) is 5.82 Å². The molecule has 4 nitrogen and oxygen atoms in total. The Morgan fingerprint density at radius 1 is 1.40 bits per heavy atom. The number of benzene rings is 1. The summed E-state index contributed by atoms with van der Waals surface area (Å²) < 4.78 is 17.8. The molecule has 0 amide bonds. The molecule has 0 bridgehead atoms. The molecule has 2 rings (SSSR count). The van der Waals surface area contributed by atoms with E-state index in [9.17, 15) is 4.39 Å². The van der Waals surface area contributed by atoms with Gasteiger partial charge in [0, 0.05) is 18.5 Å². The third-order valence-electron chi connectivity index (χ3n) is 1.91. The number of aromatic nitrogens is 2. The molecule has 15 heavy (non-hydrogen) atoms. The standard InChI is InChI=1S/C10H10FN3O/c11-8-3-1-2-7(6-8)10-13-9(4-5-12)15-14-10/h1-3,6H,4-5,12H2. The quantitative estimate of drug-likeness (QED) is 0.825. The van der Waals surface area contributed by atoms with Crippen LogP contribution in [0.5, 0.6) is 0 Å². The number of hydrogen-bond acceptors (Lipinski definition) is 4. The molecule has 2 N–H and O–H groups in total. The Bertz CT molecular complexity index is 455. The molecule has 5 heteroatoms. The minimum atomic E-state index is -0.322. The highest BCUT2D eigenvalue weighted by molar-refractivity contribution is 5.53. The van der Waals surface area contributed by atoms with Crippen LogP contribution in [0.2, 0.25) is 0 Å². The van der Waals surface area contributed by atoms with Crippen LogP contribution in [-0.4, -0.2) is 16.7 Å². The van der Waals surface area contributed by atoms with Gasteiger partial charge < -0.3 is 10.3 Å². The van der Waals surface area contributed by atoms with Crippen LogP contribution in [0, 0.1) is 5.82 Å². The highest BCUT2D eigenvalue weighted by Gasteiger charge is 2.07. The molecule has 0 atom stereocenters. The zero-order valence-electron chi connectivity index (χ0n) is 7.98. The van der Waals surface area contributed by atoms with Gasteiger partial charge in [0.15, 0.2) is 0 Å². The monoisotopic (exact) mass is 207 g/mol. The van der Waals surface area contributed by atoms with Crippen molar-refractivity contribution < 1.29 is 8.91 Å². The zero-order valence-corrected chi connectivity index (χ0v) is 7.98. The maximum absolute atomic E-state index is 12.9. The fourth-order valence-electron chi connectivity index (χ4n) is 1.22. The predicted octanol–water partition coefficient (Wildman–Crippen LogP) is 1.38. The topological polar surface area (TPSA) is 64.9 Å². The Hall–Kier alpha value is -1.75. The Morgan fingerprint density at radius 3 is 3.00 bits per heavy atom. The summed E-state index contributed by atoms with van der Waals surface area (Å²) in [6.07, 6.45) is 0.530. The number of rotatable bonds is 3. The molecule has 0 fully saturated rings. The lowest BCUT2D eigenvalue weighted by molar-refractivity contribution is 0.380. The van der Waals surface area contributed by atoms with E-state index in [1.54, 1.807) is 12.1 Å². The third-order valence-corrected chi connectivity index (χ3v) is 1.91. The highest BCUT2D eigenvalue weighted by atomic mass is 19.1. The first-order valence-electron chi connectivity index (χ1n) is 4.58. The summed E-state index contributed by atoms with van der Waals surface area (Å²) in [5.74, 6) is 0.535. The first kappa shape index (κ1) is 9.79. The van der Waals surface area contributed by atoms with E-state index in [1.807, 2.05) is 0 Å². The molecule has 0 radical (unpaired) electrons. The van der Waals surface area contributed by atoms with Crippen molar-refractivity contribution in [3.8, 4) is 11.4 Å². The van der Waals surface area contributed by atoms with Crippen molar-refractivity contribution in [2.24, 2.45) is 5.73 Å². The van der Waals surface area contributed by atoms with E-state index in [0.29, 0.717) is 30.2 Å². The first-order valence-corrected chi connectivity index (χ1v) is 4.58. The van der Waals surface area contributed by atoms with Crippen molar-refractivity contribution in [3.63, 3.8) is 0 Å². The molecule has 2 aromatic rings. The zero-order chi connectivity index (χ0) is 10.7. The van der Waals surface area contributed by atoms with Crippen molar-refractivity contribution in [1.29, 1.82) is 0 Å². The summed E-state index contributed by atoms with van der Waals surface area (Å²) in [4.78, 5) is 4.09. The van der Waals surface area contributed by atoms with Crippen molar-refractivity contribution >= 4 is 0 Å². The van der Waals surface area contributed by atoms with Gasteiger partial charge >= 0.3 is 0 Å². The van der Waals surface area contributed by atoms with Crippen molar-refractivity contribution in [1.82, 2.24) is 10.1 Å². The number of halogens is 1. The smallest absolute Gasteiger partial charge is 0.228 e. The summed E-state index contributed by atoms with van der Waals surface area (Å²) >= 11 is 0. The normalized spacial score (nSPS) is 10.5. The maximum Gasteiger partial charge on any atom is 0.228 e. The summed E-state index contributed by atoms with van der Waals surface area (Å²) in [6, 6.07) is 6.05. The average molecular weight is 207 g/mol. The van der Waals surface area contributed by atoms with E-state index in [0.717, 1.165) is 0 Å². The van der Waals surface area contributed by atoms with Crippen molar-refractivity contribution in [2.45, 2.75) is 6.42 Å². The van der Waals surface area contributed by atoms with E-state index in [4.69, 9.17) is 10.3 Å². The summed E-state index contributed by atoms with van der Waals surface area (Å²) in [5.41, 5.74) is 5.94. The van der Waals surface area contributed by atoms with Crippen molar-refractivity contribution in [2.75, 3.05) is 6.54 Å². The maximum atomic E-state index is 12.9. The van der Waals surface area contributed by atoms with E-state index in [1.165, 1.54) is 12.1 Å². The van der Waals surface area contributed by atoms with Crippen LogP contribution in [0.1, 0.15) is 5.89 Å². The lowest BCUT2D eigenvalue weighted by Crippen LogP contribution is -2.02. The van der Waals surface area contributed by atoms with Gasteiger partial charge in [-0.1, -0.05) is 17.3 Å². The fraction of sp³-hybridized carbons (Fsp3) is 0.200. The first-order chi connectivity index (χ1) is 7.29. The fourth-order valence-corrected chi connectivity index (χ4v) is 1.22. The Kier molecular flexibility index (Phi) is 2.73. The minimum absolute atomic E-state index is 0.322. The molecule has 0 saturated heterocycles. The molecule has 1 aromatic carbocycles. The molecule has 0 saturated carbocycles. The average Bonchev–Trinajstić information content (AvgIpc) is 2.67. The van der Waals surface area contributed by atoms with Crippen LogP contribution in [0.4, 0.5) is 4.39 Å². The molecule has 1 heterocycles. The summed E-state index contributed by atoms with van der Waals surface area (Å²) in [6.45, 7) is 0.449. The van der Waals surface area contributed by atoms with Crippen LogP contribution < -0.4 is 5.73 Å². The van der Waals surface area contributed by atoms with E-state index < -0.39 is 0 Å². The van der Waals surface area contributed by atoms with Gasteiger partial charge in [-0.3, -0.25) is 0 Å². The highest BCUT2D eigenvalue weighted by Crippen LogP contribution is 2.16. The van der Waals surface area contributed by atoms with Crippen LogP contribution in [-0.2, 0) is 6.42 Å². The predicted molar refractivity (Wildman–Crippen MR) is 52.5 cm³/mol. The summed E-state index contributed by atoms with van der Waals surface area (Å²) in [5, 5.41) is 3.74. The van der Waals surface area contributed by atoms with E-state index in [2.05, 4.69) is 10.1 Å². The van der Waals surface area contributed by atoms with Gasteiger partial charge in [-0.25, -0.2) is 4.39 Å². The Labute approximate surface area is 85.9 Å². The van der Waals surface area contributed by atoms with Crippen LogP contribution in [0.3, 0.4) is 0 Å². The molecular formula is C10H10FN3O. The van der Waals surface area contributed by atoms with Gasteiger partial charge in [0.2, 0.25) is 11.7 Å². The van der Waals surface area contributed by atoms with Crippen LogP contribution in [0.15, 0.2) is 28.8 Å². The summed E-state index contributed by atoms with van der Waals surface area (Å²) in [7, 11) is 0. The van der Waals surface area contributed by atoms with Gasteiger partial charge in [-0.05, 0) is 12.1 Å². The number of hydrogen-bond donors (Lipinski definition) is 1. The number of nitrogens with two attached hydrogens (primary N) is 1. The molecule has 0 unspecified atom stereocenters. The molecule has 0 aliphatic heterocycles. The SMILES string of the molecule is NCCc1nc(-c2cccc(F)c2)no1. The second kappa shape index (κ2) is 4.18. The van der Waals surface area contributed by atoms with E-state index >= 15 is 0 Å². The molecule has 0 aliphatic rings. The minimum Gasteiger partial charge on any atom is -0.339 e. The van der Waals surface area contributed by atoms with Crippen molar-refractivity contribution in [3.05, 3.63) is 36.0 Å². The molecule has 78 valence electrons. The second-order valence-electron chi connectivity index (χ2n) is 3.06. The van der Waals surface area contributed by atoms with Gasteiger partial charge in [0.25, 0.3) is 0 Å². The largest absolute Gasteiger partial charge is 0.339 e. The lowest BCUT2D eigenvalue weighted by Gasteiger charge is -1.92. The van der Waals surface area contributed by atoms with Gasteiger partial charge in [-0.2, -0.15) is 4.98 Å². The van der Waals surface area contributed by atoms with Crippen LogP contribution >= 0.6 is 0 Å². The number of nitrogens with zero attached hydrogens (tertiary/aromatic N) is 2. The Balaban J connectivity index is 2.29. The Morgan fingerprint density at radius 2 is 2.27 bits per heavy atom. The van der Waals surface area contributed by atoms with Crippen LogP contribution in [0.25, 0.3) is 11.4 Å². The van der Waals surface area contributed by atoms with Gasteiger partial charge in [0.05, 0.1) is 0 Å². The molecule has 0 spiro atoms. The van der Waals surface area contributed by atoms with Gasteiger partial charge in [-0.15, -0.1) is 0 Å². The lowest BCUT2D eigenvalue weighted by atomic mass is 10.2. The van der Waals surface area contributed by atoms with E-state index in [-0.39, 0.29) is 5.82 Å². The molecule has 1 aromatic heterocycles. The molecule has 0 aliphatic carbocycles. The third kappa shape index (κ3) is 2.19. The second-order valence-corrected chi connectivity index (χ2v) is 3.06.